The van der Waals surface area contributed by atoms with E-state index in [0.717, 1.165) is 0 Å². The van der Waals surface area contributed by atoms with Crippen LogP contribution in [-0.4, -0.2) is 26.0 Å². The van der Waals surface area contributed by atoms with E-state index in [-0.39, 0.29) is 23.6 Å². The summed E-state index contributed by atoms with van der Waals surface area (Å²) < 4.78 is 23.1. The van der Waals surface area contributed by atoms with Gasteiger partial charge in [0.25, 0.3) is 5.91 Å². The van der Waals surface area contributed by atoms with Crippen molar-refractivity contribution in [2.24, 2.45) is 0 Å². The Morgan fingerprint density at radius 1 is 1.00 bits per heavy atom. The summed E-state index contributed by atoms with van der Waals surface area (Å²) in [6.07, 6.45) is 0.00973. The molecule has 6 nitrogen and oxygen atoms in total. The minimum absolute atomic E-state index is 0.00973. The van der Waals surface area contributed by atoms with Crippen LogP contribution in [0.1, 0.15) is 15.9 Å². The van der Waals surface area contributed by atoms with Crippen LogP contribution < -0.4 is 20.3 Å². The molecule has 0 spiro atoms. The van der Waals surface area contributed by atoms with E-state index in [1.165, 1.54) is 38.5 Å². The maximum absolute atomic E-state index is 12.8. The highest BCUT2D eigenvalue weighted by Gasteiger charge is 2.16. The van der Waals surface area contributed by atoms with Gasteiger partial charge in [0.2, 0.25) is 5.91 Å². The molecule has 24 heavy (non-hydrogen) atoms. The Morgan fingerprint density at radius 2 is 1.71 bits per heavy atom. The maximum Gasteiger partial charge on any atom is 0.273 e. The van der Waals surface area contributed by atoms with E-state index >= 15 is 0 Å². The van der Waals surface area contributed by atoms with E-state index in [0.29, 0.717) is 11.3 Å². The molecule has 0 aliphatic heterocycles. The zero-order valence-corrected chi connectivity index (χ0v) is 13.3. The van der Waals surface area contributed by atoms with Crippen molar-refractivity contribution in [3.05, 3.63) is 59.4 Å². The molecule has 2 amide bonds. The van der Waals surface area contributed by atoms with Crippen LogP contribution in [0.15, 0.2) is 42.5 Å². The number of benzene rings is 2. The molecule has 0 fully saturated rings. The third-order valence-electron chi connectivity index (χ3n) is 3.24. The summed E-state index contributed by atoms with van der Waals surface area (Å²) in [5.74, 6) is -0.680. The van der Waals surface area contributed by atoms with Crippen molar-refractivity contribution < 1.29 is 23.5 Å². The van der Waals surface area contributed by atoms with Crippen LogP contribution in [0.2, 0.25) is 0 Å². The molecule has 0 aliphatic carbocycles. The van der Waals surface area contributed by atoms with E-state index in [1.807, 2.05) is 0 Å². The van der Waals surface area contributed by atoms with E-state index in [9.17, 15) is 14.0 Å². The van der Waals surface area contributed by atoms with Crippen molar-refractivity contribution in [2.45, 2.75) is 6.42 Å². The Balaban J connectivity index is 1.98. The van der Waals surface area contributed by atoms with Crippen molar-refractivity contribution in [1.82, 2.24) is 10.9 Å². The van der Waals surface area contributed by atoms with E-state index in [1.54, 1.807) is 18.2 Å². The van der Waals surface area contributed by atoms with E-state index in [2.05, 4.69) is 10.9 Å². The molecule has 0 heterocycles. The lowest BCUT2D eigenvalue weighted by atomic mass is 10.1. The first-order valence-corrected chi connectivity index (χ1v) is 7.09. The van der Waals surface area contributed by atoms with Gasteiger partial charge in [-0.15, -0.1) is 0 Å². The summed E-state index contributed by atoms with van der Waals surface area (Å²) in [7, 11) is 2.88. The highest BCUT2D eigenvalue weighted by molar-refractivity contribution is 5.98. The summed E-state index contributed by atoms with van der Waals surface area (Å²) in [6, 6.07) is 10.4. The zero-order valence-electron chi connectivity index (χ0n) is 13.3. The molecule has 2 aromatic carbocycles. The van der Waals surface area contributed by atoms with Gasteiger partial charge < -0.3 is 9.47 Å². The summed E-state index contributed by atoms with van der Waals surface area (Å²) in [4.78, 5) is 24.0. The zero-order chi connectivity index (χ0) is 17.5. The van der Waals surface area contributed by atoms with Crippen molar-refractivity contribution in [2.75, 3.05) is 14.2 Å². The molecule has 0 atom stereocenters. The second-order valence-electron chi connectivity index (χ2n) is 4.85. The topological polar surface area (TPSA) is 76.7 Å². The molecule has 0 aliphatic rings. The first-order chi connectivity index (χ1) is 11.5. The fourth-order valence-corrected chi connectivity index (χ4v) is 2.09. The lowest BCUT2D eigenvalue weighted by Crippen LogP contribution is -2.42. The van der Waals surface area contributed by atoms with Crippen LogP contribution in [0.4, 0.5) is 4.39 Å². The third kappa shape index (κ3) is 4.22. The predicted molar refractivity (Wildman–Crippen MR) is 85.3 cm³/mol. The smallest absolute Gasteiger partial charge is 0.273 e. The van der Waals surface area contributed by atoms with E-state index < -0.39 is 11.8 Å². The standard InChI is InChI=1S/C17H17FN2O4/c1-23-14-5-3-4-13(16(14)24-2)17(22)20-19-15(21)10-11-6-8-12(18)9-7-11/h3-9H,10H2,1-2H3,(H,19,21)(H,20,22). The Hall–Kier alpha value is -3.09. The Kier molecular flexibility index (Phi) is 5.73. The van der Waals surface area contributed by atoms with Gasteiger partial charge in [-0.05, 0) is 29.8 Å². The number of methoxy groups -OCH3 is 2. The number of halogens is 1. The van der Waals surface area contributed by atoms with Gasteiger partial charge in [-0.25, -0.2) is 4.39 Å². The van der Waals surface area contributed by atoms with Gasteiger partial charge in [0, 0.05) is 0 Å². The fraction of sp³-hybridized carbons (Fsp3) is 0.176. The molecule has 0 unspecified atom stereocenters. The number of nitrogens with one attached hydrogen (secondary N) is 2. The summed E-state index contributed by atoms with van der Waals surface area (Å²) >= 11 is 0. The molecule has 2 rings (SSSR count). The fourth-order valence-electron chi connectivity index (χ4n) is 2.09. The molecule has 2 aromatic rings. The molecule has 0 saturated heterocycles. The number of rotatable bonds is 5. The van der Waals surface area contributed by atoms with Gasteiger partial charge in [0.1, 0.15) is 5.82 Å². The predicted octanol–water partition coefficient (Wildman–Crippen LogP) is 1.85. The van der Waals surface area contributed by atoms with Crippen LogP contribution >= 0.6 is 0 Å². The quantitative estimate of drug-likeness (QED) is 0.819. The molecular weight excluding hydrogens is 315 g/mol. The number of hydrogen-bond donors (Lipinski definition) is 2. The number of carbonyl (C=O) groups is 2. The third-order valence-corrected chi connectivity index (χ3v) is 3.24. The minimum atomic E-state index is -0.543. The van der Waals surface area contributed by atoms with Crippen molar-refractivity contribution in [1.29, 1.82) is 0 Å². The molecule has 0 aromatic heterocycles. The highest BCUT2D eigenvalue weighted by atomic mass is 19.1. The van der Waals surface area contributed by atoms with Crippen molar-refractivity contribution >= 4 is 11.8 Å². The Labute approximate surface area is 138 Å². The molecule has 126 valence electrons. The average Bonchev–Trinajstić information content (AvgIpc) is 2.60. The Bertz CT molecular complexity index is 732. The number of ether oxygens (including phenoxy) is 2. The molecule has 7 heteroatoms. The van der Waals surface area contributed by atoms with Crippen LogP contribution in [-0.2, 0) is 11.2 Å². The number of carbonyl (C=O) groups excluding carboxylic acids is 2. The monoisotopic (exact) mass is 332 g/mol. The van der Waals surface area contributed by atoms with Gasteiger partial charge >= 0.3 is 0 Å². The van der Waals surface area contributed by atoms with Gasteiger partial charge in [-0.3, -0.25) is 20.4 Å². The summed E-state index contributed by atoms with van der Waals surface area (Å²) in [5.41, 5.74) is 5.46. The van der Waals surface area contributed by atoms with Gasteiger partial charge in [-0.2, -0.15) is 0 Å². The first kappa shape index (κ1) is 17.3. The molecule has 0 bridgehead atoms. The SMILES string of the molecule is COc1cccc(C(=O)NNC(=O)Cc2ccc(F)cc2)c1OC. The lowest BCUT2D eigenvalue weighted by Gasteiger charge is -2.13. The number of para-hydroxylation sites is 1. The summed E-state index contributed by atoms with van der Waals surface area (Å²) in [6.45, 7) is 0. The molecule has 2 N–H and O–H groups in total. The normalized spacial score (nSPS) is 9.96. The molecular formula is C17H17FN2O4. The van der Waals surface area contributed by atoms with Gasteiger partial charge in [-0.1, -0.05) is 18.2 Å². The van der Waals surface area contributed by atoms with Crippen molar-refractivity contribution in [3.63, 3.8) is 0 Å². The number of amides is 2. The summed E-state index contributed by atoms with van der Waals surface area (Å²) in [5, 5.41) is 0. The largest absolute Gasteiger partial charge is 0.493 e. The lowest BCUT2D eigenvalue weighted by molar-refractivity contribution is -0.121. The number of hydrazine groups is 1. The number of hydrogen-bond acceptors (Lipinski definition) is 4. The second-order valence-corrected chi connectivity index (χ2v) is 4.85. The van der Waals surface area contributed by atoms with Crippen LogP contribution in [0, 0.1) is 5.82 Å². The van der Waals surface area contributed by atoms with Crippen LogP contribution in [0.3, 0.4) is 0 Å². The van der Waals surface area contributed by atoms with Crippen LogP contribution in [0.25, 0.3) is 0 Å². The average molecular weight is 332 g/mol. The van der Waals surface area contributed by atoms with E-state index in [4.69, 9.17) is 9.47 Å². The first-order valence-electron chi connectivity index (χ1n) is 7.09. The van der Waals surface area contributed by atoms with Gasteiger partial charge in [0.15, 0.2) is 11.5 Å². The van der Waals surface area contributed by atoms with Gasteiger partial charge in [0.05, 0.1) is 26.2 Å². The molecule has 0 saturated carbocycles. The molecule has 0 radical (unpaired) electrons. The minimum Gasteiger partial charge on any atom is -0.493 e. The second kappa shape index (κ2) is 7.96. The Morgan fingerprint density at radius 3 is 2.33 bits per heavy atom. The maximum atomic E-state index is 12.8. The highest BCUT2D eigenvalue weighted by Crippen LogP contribution is 2.30. The van der Waals surface area contributed by atoms with Crippen LogP contribution in [0.5, 0.6) is 11.5 Å². The van der Waals surface area contributed by atoms with Crippen molar-refractivity contribution in [3.8, 4) is 11.5 Å².